The molecule has 4 aromatic rings. The van der Waals surface area contributed by atoms with Gasteiger partial charge in [0.25, 0.3) is 0 Å². The zero-order valence-electron chi connectivity index (χ0n) is 14.6. The molecule has 1 N–H and O–H groups in total. The van der Waals surface area contributed by atoms with Gasteiger partial charge in [-0.2, -0.15) is 0 Å². The molecule has 0 amide bonds. The van der Waals surface area contributed by atoms with Gasteiger partial charge in [-0.3, -0.25) is 0 Å². The van der Waals surface area contributed by atoms with Gasteiger partial charge >= 0.3 is 0 Å². The number of ether oxygens (including phenoxy) is 1. The van der Waals surface area contributed by atoms with Gasteiger partial charge in [0.1, 0.15) is 17.2 Å². The van der Waals surface area contributed by atoms with Gasteiger partial charge < -0.3 is 14.4 Å². The predicted octanol–water partition coefficient (Wildman–Crippen LogP) is 5.57. The summed E-state index contributed by atoms with van der Waals surface area (Å²) in [5.74, 6) is -0.832. The fourth-order valence-corrected chi connectivity index (χ4v) is 2.91. The van der Waals surface area contributed by atoms with Crippen LogP contribution in [0.5, 0.6) is 11.5 Å². The SMILES string of the molecule is OCc1c(-c2cccc(Oc3ccccc3)c2)noc1-c1cccc(F)c1F. The first kappa shape index (κ1) is 17.9. The number of hydrogen-bond donors (Lipinski definition) is 1. The molecule has 1 aromatic heterocycles. The zero-order valence-corrected chi connectivity index (χ0v) is 14.6. The summed E-state index contributed by atoms with van der Waals surface area (Å²) in [6.45, 7) is -0.451. The number of hydrogen-bond acceptors (Lipinski definition) is 4. The van der Waals surface area contributed by atoms with Gasteiger partial charge in [-0.1, -0.05) is 41.6 Å². The molecule has 28 heavy (non-hydrogen) atoms. The second kappa shape index (κ2) is 7.62. The predicted molar refractivity (Wildman–Crippen MR) is 99.7 cm³/mol. The van der Waals surface area contributed by atoms with Crippen molar-refractivity contribution in [3.05, 3.63) is 90.0 Å². The lowest BCUT2D eigenvalue weighted by molar-refractivity contribution is 0.281. The quantitative estimate of drug-likeness (QED) is 0.492. The van der Waals surface area contributed by atoms with Crippen molar-refractivity contribution in [1.29, 1.82) is 0 Å². The van der Waals surface area contributed by atoms with Crippen LogP contribution < -0.4 is 4.74 Å². The Morgan fingerprint density at radius 3 is 2.43 bits per heavy atom. The van der Waals surface area contributed by atoms with E-state index >= 15 is 0 Å². The monoisotopic (exact) mass is 379 g/mol. The zero-order chi connectivity index (χ0) is 19.5. The molecule has 0 radical (unpaired) electrons. The first-order chi connectivity index (χ1) is 13.7. The fraction of sp³-hybridized carbons (Fsp3) is 0.0455. The molecule has 140 valence electrons. The van der Waals surface area contributed by atoms with Gasteiger partial charge in [0.2, 0.25) is 0 Å². The van der Waals surface area contributed by atoms with Crippen LogP contribution in [0.2, 0.25) is 0 Å². The van der Waals surface area contributed by atoms with Crippen LogP contribution in [-0.4, -0.2) is 10.3 Å². The Bertz CT molecular complexity index is 1110. The first-order valence-electron chi connectivity index (χ1n) is 8.54. The summed E-state index contributed by atoms with van der Waals surface area (Å²) in [6, 6.07) is 20.1. The lowest BCUT2D eigenvalue weighted by Gasteiger charge is -2.07. The maximum Gasteiger partial charge on any atom is 0.176 e. The maximum absolute atomic E-state index is 14.2. The van der Waals surface area contributed by atoms with E-state index in [0.29, 0.717) is 22.8 Å². The van der Waals surface area contributed by atoms with E-state index in [1.165, 1.54) is 12.1 Å². The molecule has 6 heteroatoms. The van der Waals surface area contributed by atoms with E-state index < -0.39 is 18.2 Å². The Morgan fingerprint density at radius 2 is 1.64 bits per heavy atom. The van der Waals surface area contributed by atoms with Crippen LogP contribution in [0.25, 0.3) is 22.6 Å². The number of nitrogens with zero attached hydrogens (tertiary/aromatic N) is 1. The molecule has 0 atom stereocenters. The second-order valence-electron chi connectivity index (χ2n) is 6.04. The maximum atomic E-state index is 14.2. The molecule has 0 saturated heterocycles. The summed E-state index contributed by atoms with van der Waals surface area (Å²) >= 11 is 0. The molecule has 0 unspecified atom stereocenters. The number of rotatable bonds is 5. The Hall–Kier alpha value is -3.51. The third-order valence-corrected chi connectivity index (χ3v) is 4.23. The lowest BCUT2D eigenvalue weighted by atomic mass is 10.0. The minimum Gasteiger partial charge on any atom is -0.457 e. The Labute approximate surface area is 159 Å². The van der Waals surface area contributed by atoms with E-state index in [-0.39, 0.29) is 16.9 Å². The molecule has 0 spiro atoms. The Kier molecular flexibility index (Phi) is 4.87. The molecule has 4 nitrogen and oxygen atoms in total. The standard InChI is InChI=1S/C22H15F2NO3/c23-19-11-5-10-17(20(19)24)22-18(13-26)21(25-28-22)14-6-4-9-16(12-14)27-15-7-2-1-3-8-15/h1-12,26H,13H2. The highest BCUT2D eigenvalue weighted by Gasteiger charge is 2.22. The number of benzene rings is 3. The molecule has 0 aliphatic rings. The summed E-state index contributed by atoms with van der Waals surface area (Å²) in [4.78, 5) is 0. The molecular weight excluding hydrogens is 364 g/mol. The largest absolute Gasteiger partial charge is 0.457 e. The van der Waals surface area contributed by atoms with E-state index in [4.69, 9.17) is 9.26 Å². The van der Waals surface area contributed by atoms with Crippen LogP contribution in [0, 0.1) is 11.6 Å². The van der Waals surface area contributed by atoms with E-state index in [1.54, 1.807) is 24.3 Å². The van der Waals surface area contributed by atoms with Crippen molar-refractivity contribution in [1.82, 2.24) is 5.16 Å². The average Bonchev–Trinajstić information content (AvgIpc) is 3.15. The minimum atomic E-state index is -1.05. The van der Waals surface area contributed by atoms with Crippen molar-refractivity contribution in [3.63, 3.8) is 0 Å². The highest BCUT2D eigenvalue weighted by molar-refractivity contribution is 5.73. The van der Waals surface area contributed by atoms with Crippen LogP contribution in [0.15, 0.2) is 77.3 Å². The third-order valence-electron chi connectivity index (χ3n) is 4.23. The van der Waals surface area contributed by atoms with Crippen molar-refractivity contribution < 1.29 is 23.1 Å². The molecule has 0 fully saturated rings. The average molecular weight is 379 g/mol. The Morgan fingerprint density at radius 1 is 0.893 bits per heavy atom. The van der Waals surface area contributed by atoms with E-state index in [9.17, 15) is 13.9 Å². The number of para-hydroxylation sites is 1. The van der Waals surface area contributed by atoms with Crippen molar-refractivity contribution in [3.8, 4) is 34.1 Å². The third kappa shape index (κ3) is 3.37. The van der Waals surface area contributed by atoms with Crippen molar-refractivity contribution >= 4 is 0 Å². The highest BCUT2D eigenvalue weighted by Crippen LogP contribution is 2.35. The fourth-order valence-electron chi connectivity index (χ4n) is 2.91. The van der Waals surface area contributed by atoms with Crippen molar-refractivity contribution in [2.75, 3.05) is 0 Å². The van der Waals surface area contributed by atoms with Crippen LogP contribution in [-0.2, 0) is 6.61 Å². The molecule has 4 rings (SSSR count). The normalized spacial score (nSPS) is 10.8. The van der Waals surface area contributed by atoms with Gasteiger partial charge in [0, 0.05) is 5.56 Å². The number of aromatic nitrogens is 1. The van der Waals surface area contributed by atoms with E-state index in [2.05, 4.69) is 5.16 Å². The smallest absolute Gasteiger partial charge is 0.176 e. The summed E-state index contributed by atoms with van der Waals surface area (Å²) in [5.41, 5.74) is 1.12. The summed E-state index contributed by atoms with van der Waals surface area (Å²) in [7, 11) is 0. The summed E-state index contributed by atoms with van der Waals surface area (Å²) in [6.07, 6.45) is 0. The van der Waals surface area contributed by atoms with Crippen LogP contribution in [0.1, 0.15) is 5.56 Å². The van der Waals surface area contributed by atoms with Crippen LogP contribution >= 0.6 is 0 Å². The van der Waals surface area contributed by atoms with Crippen LogP contribution in [0.3, 0.4) is 0 Å². The second-order valence-corrected chi connectivity index (χ2v) is 6.04. The van der Waals surface area contributed by atoms with Gasteiger partial charge in [-0.05, 0) is 36.4 Å². The van der Waals surface area contributed by atoms with Crippen molar-refractivity contribution in [2.24, 2.45) is 0 Å². The first-order valence-corrected chi connectivity index (χ1v) is 8.54. The number of halogens is 2. The Balaban J connectivity index is 1.73. The number of aliphatic hydroxyl groups is 1. The molecule has 0 aliphatic heterocycles. The highest BCUT2D eigenvalue weighted by atomic mass is 19.2. The summed E-state index contributed by atoms with van der Waals surface area (Å²) < 4.78 is 38.8. The topological polar surface area (TPSA) is 55.5 Å². The molecular formula is C22H15F2NO3. The van der Waals surface area contributed by atoms with Gasteiger partial charge in [0.15, 0.2) is 17.4 Å². The van der Waals surface area contributed by atoms with Crippen LogP contribution in [0.4, 0.5) is 8.78 Å². The molecule has 0 aliphatic carbocycles. The number of aliphatic hydroxyl groups excluding tert-OH is 1. The lowest BCUT2D eigenvalue weighted by Crippen LogP contribution is -1.93. The molecule has 1 heterocycles. The molecule has 3 aromatic carbocycles. The van der Waals surface area contributed by atoms with E-state index in [1.807, 2.05) is 30.3 Å². The molecule has 0 bridgehead atoms. The van der Waals surface area contributed by atoms with Gasteiger partial charge in [-0.25, -0.2) is 8.78 Å². The van der Waals surface area contributed by atoms with Gasteiger partial charge in [-0.15, -0.1) is 0 Å². The summed E-state index contributed by atoms with van der Waals surface area (Å²) in [5, 5.41) is 13.8. The minimum absolute atomic E-state index is 0.0103. The van der Waals surface area contributed by atoms with E-state index in [0.717, 1.165) is 6.07 Å². The van der Waals surface area contributed by atoms with Gasteiger partial charge in [0.05, 0.1) is 17.7 Å². The van der Waals surface area contributed by atoms with Crippen molar-refractivity contribution in [2.45, 2.75) is 6.61 Å². The molecule has 0 saturated carbocycles.